The van der Waals surface area contributed by atoms with Crippen LogP contribution in [0.3, 0.4) is 0 Å². The molecule has 0 aliphatic carbocycles. The predicted octanol–water partition coefficient (Wildman–Crippen LogP) is 2.44. The molecule has 6 nitrogen and oxygen atoms in total. The molecule has 0 saturated carbocycles. The molecule has 0 bridgehead atoms. The molecule has 3 rings (SSSR count). The number of aromatic nitrogens is 1. The fraction of sp³-hybridized carbons (Fsp3) is 0.188. The second-order valence-corrected chi connectivity index (χ2v) is 5.96. The van der Waals surface area contributed by atoms with E-state index in [2.05, 4.69) is 15.6 Å². The molecule has 0 unspecified atom stereocenters. The Labute approximate surface area is 138 Å². The van der Waals surface area contributed by atoms with Gasteiger partial charge in [-0.15, -0.1) is 11.8 Å². The Kier molecular flexibility index (Phi) is 4.20. The molecule has 0 spiro atoms. The summed E-state index contributed by atoms with van der Waals surface area (Å²) in [5, 5.41) is 5.79. The maximum absolute atomic E-state index is 12.4. The molecular weight excluding hydrogens is 312 g/mol. The minimum absolute atomic E-state index is 0.0653. The molecule has 1 aromatic carbocycles. The van der Waals surface area contributed by atoms with Crippen LogP contribution in [0.15, 0.2) is 41.4 Å². The number of carbonyl (C=O) groups excluding carboxylic acids is 2. The molecule has 1 aromatic heterocycles. The monoisotopic (exact) mass is 328 g/mol. The number of pyridine rings is 1. The molecule has 7 heteroatoms. The number of likely N-dealkylation sites (N-methyl/N-ethyl adjacent to an activating group) is 1. The van der Waals surface area contributed by atoms with Gasteiger partial charge in [0, 0.05) is 23.8 Å². The summed E-state index contributed by atoms with van der Waals surface area (Å²) in [4.78, 5) is 30.9. The normalized spacial score (nSPS) is 13.3. The lowest BCUT2D eigenvalue weighted by Crippen LogP contribution is -2.37. The summed E-state index contributed by atoms with van der Waals surface area (Å²) in [7, 11) is 1.67. The molecular formula is C16H16N4O2S. The van der Waals surface area contributed by atoms with E-state index in [1.807, 2.05) is 30.5 Å². The first kappa shape index (κ1) is 15.4. The Morgan fingerprint density at radius 1 is 1.39 bits per heavy atom. The second-order valence-electron chi connectivity index (χ2n) is 5.08. The van der Waals surface area contributed by atoms with Crippen molar-refractivity contribution in [3.05, 3.63) is 42.1 Å². The fourth-order valence-electron chi connectivity index (χ4n) is 2.29. The van der Waals surface area contributed by atoms with Crippen molar-refractivity contribution in [2.75, 3.05) is 35.4 Å². The number of amides is 2. The van der Waals surface area contributed by atoms with Gasteiger partial charge >= 0.3 is 0 Å². The van der Waals surface area contributed by atoms with Crippen LogP contribution in [0.5, 0.6) is 0 Å². The Morgan fingerprint density at radius 2 is 2.22 bits per heavy atom. The van der Waals surface area contributed by atoms with Crippen molar-refractivity contribution in [2.45, 2.75) is 4.90 Å². The third-order valence-corrected chi connectivity index (χ3v) is 4.33. The van der Waals surface area contributed by atoms with Crippen molar-refractivity contribution in [2.24, 2.45) is 0 Å². The Bertz CT molecular complexity index is 778. The van der Waals surface area contributed by atoms with E-state index in [9.17, 15) is 9.59 Å². The topological polar surface area (TPSA) is 74.3 Å². The molecule has 0 atom stereocenters. The highest BCUT2D eigenvalue weighted by molar-refractivity contribution is 7.98. The van der Waals surface area contributed by atoms with Crippen LogP contribution in [0.1, 0.15) is 10.4 Å². The fourth-order valence-corrected chi connectivity index (χ4v) is 2.75. The maximum atomic E-state index is 12.4. The van der Waals surface area contributed by atoms with Gasteiger partial charge in [0.1, 0.15) is 5.82 Å². The number of hydrogen-bond donors (Lipinski definition) is 2. The molecule has 2 aromatic rings. The highest BCUT2D eigenvalue weighted by Gasteiger charge is 2.22. The quantitative estimate of drug-likeness (QED) is 0.847. The molecule has 1 aliphatic rings. The highest BCUT2D eigenvalue weighted by atomic mass is 32.2. The minimum Gasteiger partial charge on any atom is -0.359 e. The molecule has 2 amide bonds. The van der Waals surface area contributed by atoms with Crippen LogP contribution in [0, 0.1) is 0 Å². The molecule has 23 heavy (non-hydrogen) atoms. The van der Waals surface area contributed by atoms with Crippen LogP contribution >= 0.6 is 11.8 Å². The lowest BCUT2D eigenvalue weighted by Gasteiger charge is -2.26. The molecule has 1 aliphatic heterocycles. The molecule has 0 radical (unpaired) electrons. The van der Waals surface area contributed by atoms with Crippen molar-refractivity contribution in [1.82, 2.24) is 4.98 Å². The largest absolute Gasteiger partial charge is 0.359 e. The maximum Gasteiger partial charge on any atom is 0.257 e. The van der Waals surface area contributed by atoms with Gasteiger partial charge in [0.25, 0.3) is 5.91 Å². The number of nitrogens with one attached hydrogen (secondary N) is 2. The second kappa shape index (κ2) is 6.29. The number of nitrogens with zero attached hydrogens (tertiary/aromatic N) is 2. The average molecular weight is 328 g/mol. The van der Waals surface area contributed by atoms with Crippen LogP contribution in [-0.4, -0.2) is 36.6 Å². The van der Waals surface area contributed by atoms with Gasteiger partial charge in [-0.1, -0.05) is 6.07 Å². The summed E-state index contributed by atoms with van der Waals surface area (Å²) >= 11 is 1.61. The highest BCUT2D eigenvalue weighted by Crippen LogP contribution is 2.27. The number of benzene rings is 1. The van der Waals surface area contributed by atoms with Crippen molar-refractivity contribution in [1.29, 1.82) is 0 Å². The lowest BCUT2D eigenvalue weighted by atomic mass is 10.2. The van der Waals surface area contributed by atoms with Crippen LogP contribution < -0.4 is 15.5 Å². The summed E-state index contributed by atoms with van der Waals surface area (Å²) in [6.45, 7) is 0.212. The third-order valence-electron chi connectivity index (χ3n) is 3.60. The molecule has 2 heterocycles. The number of anilines is 3. The van der Waals surface area contributed by atoms with Gasteiger partial charge in [0.05, 0.1) is 17.8 Å². The molecule has 0 saturated heterocycles. The standard InChI is InChI=1S/C16H16N4O2S/c1-20-13-6-10(8-17-15(13)18-9-14(20)21)16(22)19-11-4-3-5-12(7-11)23-2/h3-8H,9H2,1-2H3,(H,17,18)(H,19,22). The van der Waals surface area contributed by atoms with E-state index in [1.165, 1.54) is 11.1 Å². The molecule has 2 N–H and O–H groups in total. The van der Waals surface area contributed by atoms with Crippen LogP contribution in [0.25, 0.3) is 0 Å². The van der Waals surface area contributed by atoms with Crippen LogP contribution in [-0.2, 0) is 4.79 Å². The SMILES string of the molecule is CSc1cccc(NC(=O)c2cnc3c(c2)N(C)C(=O)CN3)c1. The number of fused-ring (bicyclic) bond motifs is 1. The van der Waals surface area contributed by atoms with E-state index >= 15 is 0 Å². The van der Waals surface area contributed by atoms with Crippen molar-refractivity contribution >= 4 is 40.8 Å². The summed E-state index contributed by atoms with van der Waals surface area (Å²) < 4.78 is 0. The van der Waals surface area contributed by atoms with E-state index in [0.29, 0.717) is 17.1 Å². The Balaban J connectivity index is 1.84. The zero-order chi connectivity index (χ0) is 16.4. The van der Waals surface area contributed by atoms with E-state index in [4.69, 9.17) is 0 Å². The Morgan fingerprint density at radius 3 is 3.00 bits per heavy atom. The minimum atomic E-state index is -0.259. The number of rotatable bonds is 3. The molecule has 118 valence electrons. The first-order valence-corrected chi connectivity index (χ1v) is 8.27. The third kappa shape index (κ3) is 3.14. The van der Waals surface area contributed by atoms with E-state index in [1.54, 1.807) is 24.9 Å². The van der Waals surface area contributed by atoms with Gasteiger partial charge in [-0.25, -0.2) is 4.98 Å². The summed E-state index contributed by atoms with van der Waals surface area (Å²) in [5.74, 6) is 0.280. The van der Waals surface area contributed by atoms with Crippen LogP contribution in [0.2, 0.25) is 0 Å². The first-order valence-electron chi connectivity index (χ1n) is 7.04. The van der Waals surface area contributed by atoms with Gasteiger partial charge in [0.15, 0.2) is 0 Å². The number of hydrogen-bond acceptors (Lipinski definition) is 5. The van der Waals surface area contributed by atoms with E-state index in [0.717, 1.165) is 10.6 Å². The summed E-state index contributed by atoms with van der Waals surface area (Å²) in [6, 6.07) is 9.28. The van der Waals surface area contributed by atoms with Gasteiger partial charge < -0.3 is 15.5 Å². The first-order chi connectivity index (χ1) is 11.1. The Hall–Kier alpha value is -2.54. The van der Waals surface area contributed by atoms with Crippen molar-refractivity contribution in [3.8, 4) is 0 Å². The van der Waals surface area contributed by atoms with E-state index < -0.39 is 0 Å². The van der Waals surface area contributed by atoms with Crippen molar-refractivity contribution in [3.63, 3.8) is 0 Å². The number of carbonyl (C=O) groups is 2. The van der Waals surface area contributed by atoms with Gasteiger partial charge in [-0.2, -0.15) is 0 Å². The zero-order valence-electron chi connectivity index (χ0n) is 12.8. The predicted molar refractivity (Wildman–Crippen MR) is 92.3 cm³/mol. The smallest absolute Gasteiger partial charge is 0.257 e. The van der Waals surface area contributed by atoms with Crippen molar-refractivity contribution < 1.29 is 9.59 Å². The lowest BCUT2D eigenvalue weighted by molar-refractivity contribution is -0.116. The summed E-state index contributed by atoms with van der Waals surface area (Å²) in [6.07, 6.45) is 3.48. The average Bonchev–Trinajstić information content (AvgIpc) is 2.58. The van der Waals surface area contributed by atoms with Gasteiger partial charge in [-0.05, 0) is 30.5 Å². The van der Waals surface area contributed by atoms with Gasteiger partial charge in [0.2, 0.25) is 5.91 Å². The molecule has 0 fully saturated rings. The zero-order valence-corrected chi connectivity index (χ0v) is 13.6. The number of thioether (sulfide) groups is 1. The van der Waals surface area contributed by atoms with E-state index in [-0.39, 0.29) is 18.4 Å². The summed E-state index contributed by atoms with van der Waals surface area (Å²) in [5.41, 5.74) is 1.73. The van der Waals surface area contributed by atoms with Gasteiger partial charge in [-0.3, -0.25) is 9.59 Å². The van der Waals surface area contributed by atoms with Crippen LogP contribution in [0.4, 0.5) is 17.2 Å².